The van der Waals surface area contributed by atoms with Crippen molar-refractivity contribution < 1.29 is 9.59 Å². The fraction of sp³-hybridized carbons (Fsp3) is 0.667. The van der Waals surface area contributed by atoms with Crippen molar-refractivity contribution in [3.63, 3.8) is 0 Å². The highest BCUT2D eigenvalue weighted by molar-refractivity contribution is 7.11. The Bertz CT molecular complexity index is 560. The van der Waals surface area contributed by atoms with Gasteiger partial charge in [0.25, 0.3) is 0 Å². The van der Waals surface area contributed by atoms with Gasteiger partial charge in [-0.2, -0.15) is 0 Å². The zero-order valence-corrected chi connectivity index (χ0v) is 13.5. The quantitative estimate of drug-likeness (QED) is 0.922. The van der Waals surface area contributed by atoms with Gasteiger partial charge in [-0.3, -0.25) is 9.59 Å². The molecule has 1 N–H and O–H groups in total. The van der Waals surface area contributed by atoms with E-state index in [4.69, 9.17) is 0 Å². The Morgan fingerprint density at radius 2 is 2.05 bits per heavy atom. The number of carbonyl (C=O) groups excluding carboxylic acids is 2. The average molecular weight is 307 g/mol. The first-order valence-corrected chi connectivity index (χ1v) is 8.36. The molecule has 2 amide bonds. The number of nitrogens with zero attached hydrogens (tertiary/aromatic N) is 2. The first-order chi connectivity index (χ1) is 10.0. The Morgan fingerprint density at radius 1 is 1.33 bits per heavy atom. The van der Waals surface area contributed by atoms with Gasteiger partial charge < -0.3 is 10.2 Å². The van der Waals surface area contributed by atoms with E-state index in [1.54, 1.807) is 16.2 Å². The van der Waals surface area contributed by atoms with E-state index in [2.05, 4.69) is 10.3 Å². The molecule has 21 heavy (non-hydrogen) atoms. The topological polar surface area (TPSA) is 62.3 Å². The monoisotopic (exact) mass is 307 g/mol. The zero-order chi connectivity index (χ0) is 15.1. The van der Waals surface area contributed by atoms with Gasteiger partial charge in [-0.1, -0.05) is 6.92 Å². The number of aryl methyl sites for hydroxylation is 2. The molecule has 114 valence electrons. The SMILES string of the molecule is CCC1C(=O)NC(C2CC2)C(=O)N1Cc1nc(C)c(C)s1. The predicted octanol–water partition coefficient (Wildman–Crippen LogP) is 1.78. The Hall–Kier alpha value is -1.43. The molecule has 0 aromatic carbocycles. The zero-order valence-electron chi connectivity index (χ0n) is 12.7. The summed E-state index contributed by atoms with van der Waals surface area (Å²) in [7, 11) is 0. The van der Waals surface area contributed by atoms with Crippen LogP contribution >= 0.6 is 11.3 Å². The number of piperazine rings is 1. The van der Waals surface area contributed by atoms with Crippen LogP contribution < -0.4 is 5.32 Å². The Labute approximate surface area is 128 Å². The summed E-state index contributed by atoms with van der Waals surface area (Å²) >= 11 is 1.61. The lowest BCUT2D eigenvalue weighted by molar-refractivity contribution is -0.150. The molecule has 1 aromatic rings. The van der Waals surface area contributed by atoms with E-state index in [0.29, 0.717) is 18.9 Å². The molecule has 1 saturated heterocycles. The summed E-state index contributed by atoms with van der Waals surface area (Å²) in [4.78, 5) is 32.4. The van der Waals surface area contributed by atoms with Crippen molar-refractivity contribution in [3.05, 3.63) is 15.6 Å². The third-order valence-electron chi connectivity index (χ3n) is 4.38. The predicted molar refractivity (Wildman–Crippen MR) is 80.9 cm³/mol. The van der Waals surface area contributed by atoms with Gasteiger partial charge in [-0.15, -0.1) is 11.3 Å². The van der Waals surface area contributed by atoms with Gasteiger partial charge in [-0.25, -0.2) is 4.98 Å². The van der Waals surface area contributed by atoms with Crippen molar-refractivity contribution in [1.29, 1.82) is 0 Å². The van der Waals surface area contributed by atoms with Gasteiger partial charge in [0.15, 0.2) is 0 Å². The normalized spacial score (nSPS) is 26.1. The number of amides is 2. The molecule has 2 aliphatic rings. The summed E-state index contributed by atoms with van der Waals surface area (Å²) in [6.45, 7) is 6.41. The van der Waals surface area contributed by atoms with Gasteiger partial charge in [0, 0.05) is 4.88 Å². The number of nitrogens with one attached hydrogen (secondary N) is 1. The highest BCUT2D eigenvalue weighted by Gasteiger charge is 2.46. The third kappa shape index (κ3) is 2.69. The molecule has 2 unspecified atom stereocenters. The largest absolute Gasteiger partial charge is 0.342 e. The molecule has 1 aliphatic heterocycles. The van der Waals surface area contributed by atoms with Gasteiger partial charge in [0.2, 0.25) is 11.8 Å². The van der Waals surface area contributed by atoms with Crippen molar-refractivity contribution in [1.82, 2.24) is 15.2 Å². The maximum absolute atomic E-state index is 12.7. The number of hydrogen-bond acceptors (Lipinski definition) is 4. The van der Waals surface area contributed by atoms with Crippen LogP contribution in [0.3, 0.4) is 0 Å². The van der Waals surface area contributed by atoms with Gasteiger partial charge in [0.05, 0.1) is 12.2 Å². The van der Waals surface area contributed by atoms with E-state index < -0.39 is 0 Å². The first-order valence-electron chi connectivity index (χ1n) is 7.55. The van der Waals surface area contributed by atoms with E-state index in [1.165, 1.54) is 4.88 Å². The lowest BCUT2D eigenvalue weighted by atomic mass is 10.0. The van der Waals surface area contributed by atoms with Crippen molar-refractivity contribution in [2.45, 2.75) is 58.7 Å². The van der Waals surface area contributed by atoms with Crippen LogP contribution in [0, 0.1) is 19.8 Å². The summed E-state index contributed by atoms with van der Waals surface area (Å²) in [5.41, 5.74) is 1.01. The van der Waals surface area contributed by atoms with E-state index in [9.17, 15) is 9.59 Å². The minimum atomic E-state index is -0.364. The molecule has 3 rings (SSSR count). The van der Waals surface area contributed by atoms with Crippen LogP contribution in [0.15, 0.2) is 0 Å². The first kappa shape index (κ1) is 14.5. The molecule has 1 saturated carbocycles. The minimum absolute atomic E-state index is 0.0148. The van der Waals surface area contributed by atoms with Crippen LogP contribution in [0.1, 0.15) is 41.8 Å². The van der Waals surface area contributed by atoms with Gasteiger partial charge in [0.1, 0.15) is 17.1 Å². The molecule has 5 nitrogen and oxygen atoms in total. The molecule has 2 atom stereocenters. The second kappa shape index (κ2) is 5.40. The average Bonchev–Trinajstić information content (AvgIpc) is 3.22. The third-order valence-corrected chi connectivity index (χ3v) is 5.44. The number of thiazole rings is 1. The Morgan fingerprint density at radius 3 is 2.57 bits per heavy atom. The number of aromatic nitrogens is 1. The fourth-order valence-corrected chi connectivity index (χ4v) is 3.81. The summed E-state index contributed by atoms with van der Waals surface area (Å²) in [5.74, 6) is 0.384. The smallest absolute Gasteiger partial charge is 0.246 e. The second-order valence-electron chi connectivity index (χ2n) is 5.96. The lowest BCUT2D eigenvalue weighted by Gasteiger charge is -2.38. The molecule has 0 radical (unpaired) electrons. The molecular formula is C15H21N3O2S. The van der Waals surface area contributed by atoms with E-state index in [0.717, 1.165) is 23.5 Å². The maximum Gasteiger partial charge on any atom is 0.246 e. The number of carbonyl (C=O) groups is 2. The Balaban J connectivity index is 1.84. The van der Waals surface area contributed by atoms with Crippen LogP contribution in [-0.2, 0) is 16.1 Å². The standard InChI is InChI=1S/C15H21N3O2S/c1-4-11-14(19)17-13(10-5-6-10)15(20)18(11)7-12-16-8(2)9(3)21-12/h10-11,13H,4-7H2,1-3H3,(H,17,19). The van der Waals surface area contributed by atoms with Crippen molar-refractivity contribution in [3.8, 4) is 0 Å². The molecule has 0 spiro atoms. The van der Waals surface area contributed by atoms with Crippen LogP contribution in [0.2, 0.25) is 0 Å². The van der Waals surface area contributed by atoms with E-state index in [-0.39, 0.29) is 23.9 Å². The summed E-state index contributed by atoms with van der Waals surface area (Å²) < 4.78 is 0. The van der Waals surface area contributed by atoms with Crippen LogP contribution in [0.25, 0.3) is 0 Å². The van der Waals surface area contributed by atoms with Crippen LogP contribution in [0.4, 0.5) is 0 Å². The maximum atomic E-state index is 12.7. The second-order valence-corrected chi connectivity index (χ2v) is 7.25. The van der Waals surface area contributed by atoms with Gasteiger partial charge >= 0.3 is 0 Å². The Kier molecular flexibility index (Phi) is 3.73. The highest BCUT2D eigenvalue weighted by Crippen LogP contribution is 2.35. The number of rotatable bonds is 4. The molecule has 6 heteroatoms. The van der Waals surface area contributed by atoms with E-state index >= 15 is 0 Å². The fourth-order valence-electron chi connectivity index (χ4n) is 2.88. The van der Waals surface area contributed by atoms with Crippen LogP contribution in [0.5, 0.6) is 0 Å². The summed E-state index contributed by atoms with van der Waals surface area (Å²) in [6, 6.07) is -0.681. The van der Waals surface area contributed by atoms with E-state index in [1.807, 2.05) is 20.8 Å². The summed E-state index contributed by atoms with van der Waals surface area (Å²) in [5, 5.41) is 3.83. The van der Waals surface area contributed by atoms with Gasteiger partial charge in [-0.05, 0) is 39.0 Å². The molecule has 2 fully saturated rings. The minimum Gasteiger partial charge on any atom is -0.342 e. The summed E-state index contributed by atoms with van der Waals surface area (Å²) in [6.07, 6.45) is 2.71. The van der Waals surface area contributed by atoms with Crippen LogP contribution in [-0.4, -0.2) is 33.8 Å². The van der Waals surface area contributed by atoms with Crippen molar-refractivity contribution >= 4 is 23.2 Å². The molecular weight excluding hydrogens is 286 g/mol. The van der Waals surface area contributed by atoms with Crippen molar-refractivity contribution in [2.75, 3.05) is 0 Å². The molecule has 1 aromatic heterocycles. The number of hydrogen-bond donors (Lipinski definition) is 1. The molecule has 1 aliphatic carbocycles. The van der Waals surface area contributed by atoms with Crippen molar-refractivity contribution in [2.24, 2.45) is 5.92 Å². The lowest BCUT2D eigenvalue weighted by Crippen LogP contribution is -2.63. The molecule has 0 bridgehead atoms. The highest BCUT2D eigenvalue weighted by atomic mass is 32.1. The molecule has 2 heterocycles.